The number of benzene rings is 1. The Balaban J connectivity index is 1.45. The second-order valence-electron chi connectivity index (χ2n) is 7.94. The summed E-state index contributed by atoms with van der Waals surface area (Å²) in [6, 6.07) is 10.00. The number of rotatable bonds is 7. The number of carbonyl (C=O) groups excluding carboxylic acids is 2. The van der Waals surface area contributed by atoms with E-state index >= 15 is 0 Å². The van der Waals surface area contributed by atoms with Crippen molar-refractivity contribution in [1.82, 2.24) is 9.80 Å². The van der Waals surface area contributed by atoms with Crippen LogP contribution in [0.25, 0.3) is 11.3 Å². The third kappa shape index (κ3) is 5.68. The summed E-state index contributed by atoms with van der Waals surface area (Å²) < 4.78 is 19.6. The van der Waals surface area contributed by atoms with Crippen LogP contribution >= 0.6 is 0 Å². The molecule has 1 saturated heterocycles. The summed E-state index contributed by atoms with van der Waals surface area (Å²) in [6.45, 7) is 6.57. The van der Waals surface area contributed by atoms with E-state index in [1.54, 1.807) is 30.3 Å². The summed E-state index contributed by atoms with van der Waals surface area (Å²) in [5, 5.41) is 0. The molecule has 0 unspecified atom stereocenters. The Bertz CT molecular complexity index is 838. The lowest BCUT2D eigenvalue weighted by molar-refractivity contribution is -0.139. The first kappa shape index (κ1) is 21.1. The van der Waals surface area contributed by atoms with Gasteiger partial charge in [0, 0.05) is 45.4 Å². The predicted molar refractivity (Wildman–Crippen MR) is 110 cm³/mol. The van der Waals surface area contributed by atoms with Gasteiger partial charge in [0.2, 0.25) is 11.8 Å². The molecule has 0 atom stereocenters. The lowest BCUT2D eigenvalue weighted by Crippen LogP contribution is -2.50. The number of hydrogen-bond acceptors (Lipinski definition) is 3. The number of furan rings is 1. The Morgan fingerprint density at radius 3 is 2.21 bits per heavy atom. The molecule has 0 bridgehead atoms. The highest BCUT2D eigenvalue weighted by molar-refractivity contribution is 5.78. The van der Waals surface area contributed by atoms with Gasteiger partial charge in [-0.2, -0.15) is 0 Å². The Hall–Kier alpha value is -2.63. The molecular weight excluding hydrogens is 371 g/mol. The molecule has 0 radical (unpaired) electrons. The molecule has 1 aliphatic rings. The van der Waals surface area contributed by atoms with Crippen molar-refractivity contribution in [3.8, 4) is 11.3 Å². The number of aryl methyl sites for hydroxylation is 1. The maximum atomic E-state index is 13.9. The summed E-state index contributed by atoms with van der Waals surface area (Å²) in [7, 11) is 0. The molecule has 1 fully saturated rings. The molecule has 29 heavy (non-hydrogen) atoms. The number of piperazine rings is 1. The maximum absolute atomic E-state index is 13.9. The number of nitrogens with zero attached hydrogens (tertiary/aromatic N) is 2. The molecule has 2 aromatic rings. The van der Waals surface area contributed by atoms with Crippen molar-refractivity contribution in [2.45, 2.75) is 39.5 Å². The molecule has 2 heterocycles. The van der Waals surface area contributed by atoms with Gasteiger partial charge >= 0.3 is 0 Å². The largest absolute Gasteiger partial charge is 0.461 e. The van der Waals surface area contributed by atoms with Gasteiger partial charge in [-0.15, -0.1) is 0 Å². The Labute approximate surface area is 171 Å². The fourth-order valence-corrected chi connectivity index (χ4v) is 3.48. The summed E-state index contributed by atoms with van der Waals surface area (Å²) in [5.41, 5.74) is 0.420. The summed E-state index contributed by atoms with van der Waals surface area (Å²) >= 11 is 0. The van der Waals surface area contributed by atoms with E-state index in [1.165, 1.54) is 6.07 Å². The van der Waals surface area contributed by atoms with Gasteiger partial charge in [0.05, 0.1) is 5.56 Å². The molecule has 5 nitrogen and oxygen atoms in total. The first-order valence-electron chi connectivity index (χ1n) is 10.3. The number of amides is 2. The zero-order valence-corrected chi connectivity index (χ0v) is 17.2. The minimum Gasteiger partial charge on any atom is -0.461 e. The molecular formula is C23H29FN2O3. The molecule has 0 spiro atoms. The van der Waals surface area contributed by atoms with E-state index in [0.717, 1.165) is 6.42 Å². The second kappa shape index (κ2) is 9.72. The highest BCUT2D eigenvalue weighted by atomic mass is 19.1. The van der Waals surface area contributed by atoms with Gasteiger partial charge in [0.15, 0.2) is 0 Å². The van der Waals surface area contributed by atoms with E-state index in [-0.39, 0.29) is 17.6 Å². The lowest BCUT2D eigenvalue weighted by Gasteiger charge is -2.35. The first-order chi connectivity index (χ1) is 13.9. The van der Waals surface area contributed by atoms with E-state index in [2.05, 4.69) is 13.8 Å². The van der Waals surface area contributed by atoms with E-state index in [4.69, 9.17) is 4.42 Å². The molecule has 1 aromatic heterocycles. The van der Waals surface area contributed by atoms with Gasteiger partial charge in [-0.05, 0) is 36.6 Å². The van der Waals surface area contributed by atoms with Gasteiger partial charge in [0.25, 0.3) is 0 Å². The fourth-order valence-electron chi connectivity index (χ4n) is 3.48. The van der Waals surface area contributed by atoms with Crippen LogP contribution in [0.1, 0.15) is 38.9 Å². The molecule has 6 heteroatoms. The highest BCUT2D eigenvalue weighted by Gasteiger charge is 2.24. The third-order valence-corrected chi connectivity index (χ3v) is 5.31. The standard InChI is InChI=1S/C23H29FN2O3/c1-17(2)7-11-22(27)25-13-15-26(16-14-25)23(28)12-9-18-8-10-21(29-18)19-5-3-4-6-20(19)24/h3-6,8,10,17H,7,9,11-16H2,1-2H3. The third-order valence-electron chi connectivity index (χ3n) is 5.31. The van der Waals surface area contributed by atoms with Crippen LogP contribution < -0.4 is 0 Å². The van der Waals surface area contributed by atoms with Crippen molar-refractivity contribution in [3.05, 3.63) is 48.0 Å². The van der Waals surface area contributed by atoms with Gasteiger partial charge in [-0.1, -0.05) is 26.0 Å². The molecule has 1 aliphatic heterocycles. The molecule has 3 rings (SSSR count). The van der Waals surface area contributed by atoms with Crippen LogP contribution in [0.4, 0.5) is 4.39 Å². The van der Waals surface area contributed by atoms with Crippen molar-refractivity contribution < 1.29 is 18.4 Å². The normalized spacial score (nSPS) is 14.5. The predicted octanol–water partition coefficient (Wildman–Crippen LogP) is 4.13. The van der Waals surface area contributed by atoms with Crippen LogP contribution in [0.2, 0.25) is 0 Å². The van der Waals surface area contributed by atoms with Gasteiger partial charge in [-0.25, -0.2) is 4.39 Å². The van der Waals surface area contributed by atoms with Crippen LogP contribution in [0, 0.1) is 11.7 Å². The molecule has 0 saturated carbocycles. The van der Waals surface area contributed by atoms with Gasteiger partial charge in [-0.3, -0.25) is 9.59 Å². The zero-order valence-electron chi connectivity index (χ0n) is 17.2. The second-order valence-corrected chi connectivity index (χ2v) is 7.94. The molecule has 1 aromatic carbocycles. The van der Waals surface area contributed by atoms with E-state index in [9.17, 15) is 14.0 Å². The minimum absolute atomic E-state index is 0.0584. The van der Waals surface area contributed by atoms with E-state index < -0.39 is 0 Å². The number of halogens is 1. The van der Waals surface area contributed by atoms with Crippen LogP contribution in [-0.2, 0) is 16.0 Å². The van der Waals surface area contributed by atoms with E-state index in [0.29, 0.717) is 68.4 Å². The molecule has 156 valence electrons. The smallest absolute Gasteiger partial charge is 0.223 e. The fraction of sp³-hybridized carbons (Fsp3) is 0.478. The molecule has 2 amide bonds. The van der Waals surface area contributed by atoms with Crippen molar-refractivity contribution in [3.63, 3.8) is 0 Å². The Morgan fingerprint density at radius 1 is 0.966 bits per heavy atom. The molecule has 0 N–H and O–H groups in total. The van der Waals surface area contributed by atoms with E-state index in [1.807, 2.05) is 9.80 Å². The van der Waals surface area contributed by atoms with Gasteiger partial charge < -0.3 is 14.2 Å². The summed E-state index contributed by atoms with van der Waals surface area (Å²) in [4.78, 5) is 28.4. The van der Waals surface area contributed by atoms with Crippen LogP contribution in [0.5, 0.6) is 0 Å². The van der Waals surface area contributed by atoms with Crippen molar-refractivity contribution in [1.29, 1.82) is 0 Å². The van der Waals surface area contributed by atoms with Gasteiger partial charge in [0.1, 0.15) is 17.3 Å². The summed E-state index contributed by atoms with van der Waals surface area (Å²) in [6.07, 6.45) is 2.29. The highest BCUT2D eigenvalue weighted by Crippen LogP contribution is 2.25. The lowest BCUT2D eigenvalue weighted by atomic mass is 10.1. The SMILES string of the molecule is CC(C)CCC(=O)N1CCN(C(=O)CCc2ccc(-c3ccccc3F)o2)CC1. The average Bonchev–Trinajstić information content (AvgIpc) is 3.19. The Kier molecular flexibility index (Phi) is 7.07. The number of carbonyl (C=O) groups is 2. The minimum atomic E-state index is -0.328. The number of hydrogen-bond donors (Lipinski definition) is 0. The maximum Gasteiger partial charge on any atom is 0.223 e. The average molecular weight is 400 g/mol. The monoisotopic (exact) mass is 400 g/mol. The quantitative estimate of drug-likeness (QED) is 0.702. The van der Waals surface area contributed by atoms with Crippen LogP contribution in [0.3, 0.4) is 0 Å². The van der Waals surface area contributed by atoms with Crippen molar-refractivity contribution in [2.24, 2.45) is 5.92 Å². The molecule has 0 aliphatic carbocycles. The van der Waals surface area contributed by atoms with Crippen molar-refractivity contribution in [2.75, 3.05) is 26.2 Å². The summed E-state index contributed by atoms with van der Waals surface area (Å²) in [5.74, 6) is 1.57. The van der Waals surface area contributed by atoms with Crippen LogP contribution in [-0.4, -0.2) is 47.8 Å². The zero-order chi connectivity index (χ0) is 20.8. The topological polar surface area (TPSA) is 53.8 Å². The first-order valence-corrected chi connectivity index (χ1v) is 10.3. The Morgan fingerprint density at radius 2 is 1.59 bits per heavy atom. The van der Waals surface area contributed by atoms with Crippen molar-refractivity contribution >= 4 is 11.8 Å². The van der Waals surface area contributed by atoms with Crippen LogP contribution in [0.15, 0.2) is 40.8 Å².